The number of nitrogens with zero attached hydrogens (tertiary/aromatic N) is 1. The molecule has 1 aromatic heterocycles. The molecule has 2 amide bonds. The molecule has 1 N–H and O–H groups in total. The lowest BCUT2D eigenvalue weighted by molar-refractivity contribution is -0.143. The van der Waals surface area contributed by atoms with Crippen LogP contribution in [0, 0.1) is 0 Å². The standard InChI is InChI=1S/C18H18N2O5/c1-20-11-3-4-15(20)18(23)19-16(21)12-25-17(22)10-7-13-5-8-14(24-2)9-6-13/h3-11H,12H2,1-2H3,(H,19,21,23)/b10-7+. The second-order valence-corrected chi connectivity index (χ2v) is 5.10. The molecule has 0 saturated carbocycles. The lowest BCUT2D eigenvalue weighted by Gasteiger charge is -2.05. The Kier molecular flexibility index (Phi) is 6.11. The van der Waals surface area contributed by atoms with E-state index < -0.39 is 24.4 Å². The van der Waals surface area contributed by atoms with Crippen molar-refractivity contribution in [3.8, 4) is 5.75 Å². The first-order valence-corrected chi connectivity index (χ1v) is 7.44. The number of hydrogen-bond donors (Lipinski definition) is 1. The van der Waals surface area contributed by atoms with Gasteiger partial charge in [0.15, 0.2) is 6.61 Å². The summed E-state index contributed by atoms with van der Waals surface area (Å²) in [6.07, 6.45) is 4.44. The highest BCUT2D eigenvalue weighted by Crippen LogP contribution is 2.12. The molecule has 0 aliphatic rings. The van der Waals surface area contributed by atoms with Crippen molar-refractivity contribution >= 4 is 23.9 Å². The minimum atomic E-state index is -0.697. The zero-order valence-corrected chi connectivity index (χ0v) is 13.9. The smallest absolute Gasteiger partial charge is 0.331 e. The van der Waals surface area contributed by atoms with Gasteiger partial charge in [-0.2, -0.15) is 0 Å². The summed E-state index contributed by atoms with van der Waals surface area (Å²) >= 11 is 0. The number of esters is 1. The van der Waals surface area contributed by atoms with Crippen LogP contribution in [0.5, 0.6) is 5.75 Å². The van der Waals surface area contributed by atoms with Gasteiger partial charge >= 0.3 is 5.97 Å². The van der Waals surface area contributed by atoms with Crippen molar-refractivity contribution in [3.63, 3.8) is 0 Å². The van der Waals surface area contributed by atoms with E-state index in [0.717, 1.165) is 5.56 Å². The number of hydrogen-bond acceptors (Lipinski definition) is 5. The van der Waals surface area contributed by atoms with E-state index in [1.807, 2.05) is 0 Å². The van der Waals surface area contributed by atoms with Gasteiger partial charge in [-0.05, 0) is 35.9 Å². The molecule has 0 aliphatic carbocycles. The fourth-order valence-corrected chi connectivity index (χ4v) is 1.99. The lowest BCUT2D eigenvalue weighted by Crippen LogP contribution is -2.34. The molecule has 1 heterocycles. The van der Waals surface area contributed by atoms with Crippen LogP contribution in [0.4, 0.5) is 0 Å². The number of ether oxygens (including phenoxy) is 2. The average molecular weight is 342 g/mol. The van der Waals surface area contributed by atoms with Crippen LogP contribution in [-0.4, -0.2) is 36.1 Å². The molecule has 0 saturated heterocycles. The van der Waals surface area contributed by atoms with Crippen molar-refractivity contribution in [2.75, 3.05) is 13.7 Å². The molecule has 130 valence electrons. The third-order valence-electron chi connectivity index (χ3n) is 3.30. The lowest BCUT2D eigenvalue weighted by atomic mass is 10.2. The first kappa shape index (κ1) is 18.0. The van der Waals surface area contributed by atoms with Crippen LogP contribution in [0.25, 0.3) is 6.08 Å². The van der Waals surface area contributed by atoms with E-state index in [2.05, 4.69) is 5.32 Å². The fraction of sp³-hybridized carbons (Fsp3) is 0.167. The van der Waals surface area contributed by atoms with Crippen LogP contribution in [0.15, 0.2) is 48.7 Å². The number of methoxy groups -OCH3 is 1. The summed E-state index contributed by atoms with van der Waals surface area (Å²) in [6.45, 7) is -0.540. The van der Waals surface area contributed by atoms with Gasteiger partial charge in [-0.1, -0.05) is 12.1 Å². The molecule has 0 aliphatic heterocycles. The van der Waals surface area contributed by atoms with Gasteiger partial charge in [0.25, 0.3) is 11.8 Å². The molecule has 0 fully saturated rings. The summed E-state index contributed by atoms with van der Waals surface area (Å²) in [4.78, 5) is 35.1. The molecule has 0 radical (unpaired) electrons. The minimum absolute atomic E-state index is 0.332. The highest BCUT2D eigenvalue weighted by molar-refractivity contribution is 6.04. The van der Waals surface area contributed by atoms with Crippen LogP contribution < -0.4 is 10.1 Å². The Hall–Kier alpha value is -3.35. The van der Waals surface area contributed by atoms with Crippen LogP contribution in [0.2, 0.25) is 0 Å². The van der Waals surface area contributed by atoms with Crippen molar-refractivity contribution in [1.29, 1.82) is 0 Å². The highest BCUT2D eigenvalue weighted by Gasteiger charge is 2.13. The normalized spacial score (nSPS) is 10.5. The summed E-state index contributed by atoms with van der Waals surface area (Å²) in [5.74, 6) is -1.23. The van der Waals surface area contributed by atoms with Crippen LogP contribution in [0.1, 0.15) is 16.1 Å². The molecule has 25 heavy (non-hydrogen) atoms. The number of amides is 2. The Balaban J connectivity index is 1.78. The minimum Gasteiger partial charge on any atom is -0.497 e. The van der Waals surface area contributed by atoms with E-state index in [1.54, 1.807) is 67.4 Å². The Morgan fingerprint density at radius 3 is 2.48 bits per heavy atom. The number of imide groups is 1. The van der Waals surface area contributed by atoms with Gasteiger partial charge in [-0.25, -0.2) is 4.79 Å². The molecule has 1 aromatic carbocycles. The van der Waals surface area contributed by atoms with Gasteiger partial charge in [0.2, 0.25) is 0 Å². The van der Waals surface area contributed by atoms with E-state index in [0.29, 0.717) is 11.4 Å². The van der Waals surface area contributed by atoms with Gasteiger partial charge < -0.3 is 14.0 Å². The van der Waals surface area contributed by atoms with Crippen molar-refractivity contribution < 1.29 is 23.9 Å². The van der Waals surface area contributed by atoms with E-state index in [-0.39, 0.29) is 0 Å². The molecular weight excluding hydrogens is 324 g/mol. The number of nitrogens with one attached hydrogen (secondary N) is 1. The average Bonchev–Trinajstić information content (AvgIpc) is 3.04. The zero-order valence-electron chi connectivity index (χ0n) is 13.9. The van der Waals surface area contributed by atoms with Crippen LogP contribution in [0.3, 0.4) is 0 Å². The van der Waals surface area contributed by atoms with E-state index in [9.17, 15) is 14.4 Å². The van der Waals surface area contributed by atoms with Crippen molar-refractivity contribution in [1.82, 2.24) is 9.88 Å². The Bertz CT molecular complexity index is 790. The second-order valence-electron chi connectivity index (χ2n) is 5.10. The van der Waals surface area contributed by atoms with Crippen LogP contribution >= 0.6 is 0 Å². The van der Waals surface area contributed by atoms with E-state index >= 15 is 0 Å². The maximum Gasteiger partial charge on any atom is 0.331 e. The van der Waals surface area contributed by atoms with Crippen molar-refractivity contribution in [3.05, 3.63) is 59.9 Å². The predicted octanol–water partition coefficient (Wildman–Crippen LogP) is 1.55. The molecular formula is C18H18N2O5. The summed E-state index contributed by atoms with van der Waals surface area (Å²) < 4.78 is 11.4. The monoisotopic (exact) mass is 342 g/mol. The summed E-state index contributed by atoms with van der Waals surface area (Å²) in [5, 5.41) is 2.15. The Morgan fingerprint density at radius 1 is 1.16 bits per heavy atom. The molecule has 2 rings (SSSR count). The van der Waals surface area contributed by atoms with Gasteiger partial charge in [-0.3, -0.25) is 14.9 Å². The van der Waals surface area contributed by atoms with Crippen LogP contribution in [-0.2, 0) is 21.4 Å². The van der Waals surface area contributed by atoms with Gasteiger partial charge in [0, 0.05) is 19.3 Å². The number of carbonyl (C=O) groups excluding carboxylic acids is 3. The zero-order chi connectivity index (χ0) is 18.2. The van der Waals surface area contributed by atoms with Crippen molar-refractivity contribution in [2.45, 2.75) is 0 Å². The molecule has 0 spiro atoms. The second kappa shape index (κ2) is 8.49. The van der Waals surface area contributed by atoms with Gasteiger partial charge in [0.1, 0.15) is 11.4 Å². The van der Waals surface area contributed by atoms with Crippen molar-refractivity contribution in [2.24, 2.45) is 7.05 Å². The molecule has 7 nitrogen and oxygen atoms in total. The first-order valence-electron chi connectivity index (χ1n) is 7.44. The summed E-state index contributed by atoms with van der Waals surface area (Å²) in [6, 6.07) is 10.3. The maximum absolute atomic E-state index is 11.8. The molecule has 0 atom stereocenters. The molecule has 0 bridgehead atoms. The predicted molar refractivity (Wildman–Crippen MR) is 90.9 cm³/mol. The Morgan fingerprint density at radius 2 is 1.88 bits per heavy atom. The van der Waals surface area contributed by atoms with Gasteiger partial charge in [-0.15, -0.1) is 0 Å². The first-order chi connectivity index (χ1) is 12.0. The maximum atomic E-state index is 11.8. The number of benzene rings is 1. The number of aromatic nitrogens is 1. The molecule has 7 heteroatoms. The molecule has 0 unspecified atom stereocenters. The highest BCUT2D eigenvalue weighted by atomic mass is 16.5. The third kappa shape index (κ3) is 5.35. The fourth-order valence-electron chi connectivity index (χ4n) is 1.99. The van der Waals surface area contributed by atoms with Gasteiger partial charge in [0.05, 0.1) is 7.11 Å². The SMILES string of the molecule is COc1ccc(/C=C/C(=O)OCC(=O)NC(=O)c2cccn2C)cc1. The number of carbonyl (C=O) groups is 3. The van der Waals surface area contributed by atoms with E-state index in [4.69, 9.17) is 9.47 Å². The third-order valence-corrected chi connectivity index (χ3v) is 3.30. The summed E-state index contributed by atoms with van der Waals surface area (Å²) in [5.41, 5.74) is 1.11. The number of rotatable bonds is 6. The summed E-state index contributed by atoms with van der Waals surface area (Å²) in [7, 11) is 3.25. The number of aryl methyl sites for hydroxylation is 1. The molecule has 2 aromatic rings. The Labute approximate surface area is 144 Å². The quantitative estimate of drug-likeness (QED) is 0.636. The largest absolute Gasteiger partial charge is 0.497 e. The van der Waals surface area contributed by atoms with E-state index in [1.165, 1.54) is 6.08 Å². The topological polar surface area (TPSA) is 86.6 Å².